The number of carbonyl (C=O) groups excluding carboxylic acids is 1. The summed E-state index contributed by atoms with van der Waals surface area (Å²) in [6, 6.07) is 4.65. The second kappa shape index (κ2) is 6.89. The standard InChI is InChI=1S/C14H14F3N3OS/c15-14(16,17)10-3-1-9(2-4-10)7-19-13(21)11-8-22-12(20-11)5-6-18/h1-4,8H,5-7,18H2,(H,19,21). The maximum atomic E-state index is 12.4. The Morgan fingerprint density at radius 3 is 2.55 bits per heavy atom. The highest BCUT2D eigenvalue weighted by Crippen LogP contribution is 2.29. The van der Waals surface area contributed by atoms with Gasteiger partial charge in [0.2, 0.25) is 0 Å². The lowest BCUT2D eigenvalue weighted by Gasteiger charge is -2.08. The lowest BCUT2D eigenvalue weighted by atomic mass is 10.1. The molecule has 8 heteroatoms. The lowest BCUT2D eigenvalue weighted by Crippen LogP contribution is -2.23. The predicted molar refractivity (Wildman–Crippen MR) is 77.5 cm³/mol. The first-order chi connectivity index (χ1) is 10.4. The minimum Gasteiger partial charge on any atom is -0.347 e. The topological polar surface area (TPSA) is 68.0 Å². The monoisotopic (exact) mass is 329 g/mol. The van der Waals surface area contributed by atoms with Crippen LogP contribution in [0.5, 0.6) is 0 Å². The molecule has 0 aliphatic carbocycles. The third kappa shape index (κ3) is 4.28. The van der Waals surface area contributed by atoms with Gasteiger partial charge in [-0.25, -0.2) is 4.98 Å². The number of carbonyl (C=O) groups is 1. The zero-order valence-corrected chi connectivity index (χ0v) is 12.3. The zero-order valence-electron chi connectivity index (χ0n) is 11.5. The Hall–Kier alpha value is -1.93. The van der Waals surface area contributed by atoms with Gasteiger partial charge in [-0.3, -0.25) is 4.79 Å². The van der Waals surface area contributed by atoms with Gasteiger partial charge < -0.3 is 11.1 Å². The molecule has 2 aromatic rings. The first-order valence-corrected chi connectivity index (χ1v) is 7.37. The zero-order chi connectivity index (χ0) is 16.2. The minimum absolute atomic E-state index is 0.140. The first kappa shape index (κ1) is 16.4. The molecule has 0 spiro atoms. The van der Waals surface area contributed by atoms with Crippen molar-refractivity contribution in [3.05, 3.63) is 51.5 Å². The van der Waals surface area contributed by atoms with Crippen LogP contribution >= 0.6 is 11.3 Å². The second-order valence-electron chi connectivity index (χ2n) is 4.54. The van der Waals surface area contributed by atoms with Crippen LogP contribution in [-0.2, 0) is 19.1 Å². The number of rotatable bonds is 5. The van der Waals surface area contributed by atoms with Gasteiger partial charge in [0.15, 0.2) is 0 Å². The summed E-state index contributed by atoms with van der Waals surface area (Å²) < 4.78 is 37.3. The first-order valence-electron chi connectivity index (χ1n) is 6.49. The van der Waals surface area contributed by atoms with Gasteiger partial charge in [0.1, 0.15) is 5.69 Å². The molecule has 0 aliphatic heterocycles. The number of hydrogen-bond acceptors (Lipinski definition) is 4. The largest absolute Gasteiger partial charge is 0.416 e. The summed E-state index contributed by atoms with van der Waals surface area (Å²) in [5.41, 5.74) is 5.57. The average molecular weight is 329 g/mol. The van der Waals surface area contributed by atoms with Crippen molar-refractivity contribution in [2.24, 2.45) is 5.73 Å². The van der Waals surface area contributed by atoms with E-state index < -0.39 is 11.7 Å². The Morgan fingerprint density at radius 1 is 1.27 bits per heavy atom. The summed E-state index contributed by atoms with van der Waals surface area (Å²) >= 11 is 1.35. The van der Waals surface area contributed by atoms with Gasteiger partial charge in [-0.2, -0.15) is 13.2 Å². The number of aromatic nitrogens is 1. The highest BCUT2D eigenvalue weighted by molar-refractivity contribution is 7.09. The highest BCUT2D eigenvalue weighted by Gasteiger charge is 2.29. The molecular weight excluding hydrogens is 315 g/mol. The third-order valence-electron chi connectivity index (χ3n) is 2.88. The highest BCUT2D eigenvalue weighted by atomic mass is 32.1. The molecule has 1 amide bonds. The van der Waals surface area contributed by atoms with Crippen LogP contribution in [0.1, 0.15) is 26.6 Å². The van der Waals surface area contributed by atoms with E-state index in [1.54, 1.807) is 5.38 Å². The van der Waals surface area contributed by atoms with Gasteiger partial charge in [-0.05, 0) is 24.2 Å². The van der Waals surface area contributed by atoms with Gasteiger partial charge in [0.25, 0.3) is 5.91 Å². The Balaban J connectivity index is 1.93. The fourth-order valence-electron chi connectivity index (χ4n) is 1.74. The molecule has 0 atom stereocenters. The molecule has 0 unspecified atom stereocenters. The van der Waals surface area contributed by atoms with Crippen LogP contribution in [0.15, 0.2) is 29.6 Å². The summed E-state index contributed by atoms with van der Waals surface area (Å²) in [5, 5.41) is 5.03. The van der Waals surface area contributed by atoms with Gasteiger partial charge in [0.05, 0.1) is 10.6 Å². The Morgan fingerprint density at radius 2 is 1.95 bits per heavy atom. The molecule has 0 saturated carbocycles. The van der Waals surface area contributed by atoms with E-state index in [1.807, 2.05) is 0 Å². The molecule has 0 radical (unpaired) electrons. The van der Waals surface area contributed by atoms with Crippen molar-refractivity contribution in [1.29, 1.82) is 0 Å². The molecule has 0 bridgehead atoms. The van der Waals surface area contributed by atoms with E-state index in [-0.39, 0.29) is 12.5 Å². The van der Waals surface area contributed by atoms with E-state index >= 15 is 0 Å². The van der Waals surface area contributed by atoms with E-state index in [2.05, 4.69) is 10.3 Å². The van der Waals surface area contributed by atoms with E-state index in [0.29, 0.717) is 24.2 Å². The lowest BCUT2D eigenvalue weighted by molar-refractivity contribution is -0.137. The summed E-state index contributed by atoms with van der Waals surface area (Å²) in [6.07, 6.45) is -3.75. The summed E-state index contributed by atoms with van der Waals surface area (Å²) in [7, 11) is 0. The fraction of sp³-hybridized carbons (Fsp3) is 0.286. The van der Waals surface area contributed by atoms with Gasteiger partial charge in [0, 0.05) is 18.3 Å². The quantitative estimate of drug-likeness (QED) is 0.886. The fourth-order valence-corrected chi connectivity index (χ4v) is 2.53. The number of halogens is 3. The summed E-state index contributed by atoms with van der Waals surface area (Å²) in [5.74, 6) is -0.362. The van der Waals surface area contributed by atoms with Crippen LogP contribution in [-0.4, -0.2) is 17.4 Å². The van der Waals surface area contributed by atoms with E-state index in [0.717, 1.165) is 17.1 Å². The SMILES string of the molecule is NCCc1nc(C(=O)NCc2ccc(C(F)(F)F)cc2)cs1. The molecule has 2 rings (SSSR count). The number of hydrogen-bond donors (Lipinski definition) is 2. The van der Waals surface area contributed by atoms with Crippen molar-refractivity contribution in [3.8, 4) is 0 Å². The number of amides is 1. The molecule has 1 aromatic heterocycles. The van der Waals surface area contributed by atoms with Crippen molar-refractivity contribution in [2.75, 3.05) is 6.54 Å². The normalized spacial score (nSPS) is 11.5. The van der Waals surface area contributed by atoms with Crippen LogP contribution < -0.4 is 11.1 Å². The van der Waals surface area contributed by atoms with Crippen molar-refractivity contribution in [3.63, 3.8) is 0 Å². The Bertz CT molecular complexity index is 638. The summed E-state index contributed by atoms with van der Waals surface area (Å²) in [4.78, 5) is 16.0. The van der Waals surface area contributed by atoms with Crippen LogP contribution in [0.25, 0.3) is 0 Å². The van der Waals surface area contributed by atoms with Crippen molar-refractivity contribution >= 4 is 17.2 Å². The van der Waals surface area contributed by atoms with Gasteiger partial charge >= 0.3 is 6.18 Å². The molecule has 1 aromatic carbocycles. The minimum atomic E-state index is -4.36. The molecule has 3 N–H and O–H groups in total. The van der Waals surface area contributed by atoms with Gasteiger partial charge in [-0.1, -0.05) is 12.1 Å². The summed E-state index contributed by atoms with van der Waals surface area (Å²) in [6.45, 7) is 0.598. The molecule has 1 heterocycles. The maximum absolute atomic E-state index is 12.4. The number of benzene rings is 1. The van der Waals surface area contributed by atoms with E-state index in [4.69, 9.17) is 5.73 Å². The second-order valence-corrected chi connectivity index (χ2v) is 5.49. The predicted octanol–water partition coefficient (Wildman–Crippen LogP) is 2.59. The van der Waals surface area contributed by atoms with E-state index in [9.17, 15) is 18.0 Å². The molecular formula is C14H14F3N3OS. The smallest absolute Gasteiger partial charge is 0.347 e. The molecule has 22 heavy (non-hydrogen) atoms. The van der Waals surface area contributed by atoms with Crippen molar-refractivity contribution in [2.45, 2.75) is 19.1 Å². The number of nitrogens with two attached hydrogens (primary N) is 1. The van der Waals surface area contributed by atoms with Crippen LogP contribution in [0, 0.1) is 0 Å². The maximum Gasteiger partial charge on any atom is 0.416 e. The number of thiazole rings is 1. The number of alkyl halides is 3. The molecule has 4 nitrogen and oxygen atoms in total. The van der Waals surface area contributed by atoms with Crippen LogP contribution in [0.4, 0.5) is 13.2 Å². The van der Waals surface area contributed by atoms with Crippen molar-refractivity contribution < 1.29 is 18.0 Å². The molecule has 0 saturated heterocycles. The Labute approximate surface area is 129 Å². The average Bonchev–Trinajstić information content (AvgIpc) is 2.93. The molecule has 0 aliphatic rings. The number of nitrogens with one attached hydrogen (secondary N) is 1. The molecule has 0 fully saturated rings. The Kier molecular flexibility index (Phi) is 5.15. The van der Waals surface area contributed by atoms with Crippen molar-refractivity contribution in [1.82, 2.24) is 10.3 Å². The number of nitrogens with zero attached hydrogens (tertiary/aromatic N) is 1. The van der Waals surface area contributed by atoms with Crippen LogP contribution in [0.3, 0.4) is 0 Å². The van der Waals surface area contributed by atoms with Crippen LogP contribution in [0.2, 0.25) is 0 Å². The van der Waals surface area contributed by atoms with Gasteiger partial charge in [-0.15, -0.1) is 11.3 Å². The van der Waals surface area contributed by atoms with E-state index in [1.165, 1.54) is 23.5 Å². The molecule has 118 valence electrons. The third-order valence-corrected chi connectivity index (χ3v) is 3.79.